The molecule has 0 aromatic rings. The van der Waals surface area contributed by atoms with Crippen LogP contribution < -0.4 is 0 Å². The summed E-state index contributed by atoms with van der Waals surface area (Å²) in [6, 6.07) is 0. The molecule has 1 N–H and O–H groups in total. The van der Waals surface area contributed by atoms with Gasteiger partial charge in [0.05, 0.1) is 12.7 Å². The number of aliphatic hydroxyl groups excluding tert-OH is 1. The van der Waals surface area contributed by atoms with Gasteiger partial charge in [-0.05, 0) is 122 Å². The van der Waals surface area contributed by atoms with Crippen molar-refractivity contribution in [2.45, 2.75) is 119 Å². The highest BCUT2D eigenvalue weighted by Crippen LogP contribution is 2.77. The number of carbonyl (C=O) groups excluding carboxylic acids is 1. The Labute approximate surface area is 214 Å². The molecule has 0 aromatic heterocycles. The van der Waals surface area contributed by atoms with E-state index < -0.39 is 0 Å². The summed E-state index contributed by atoms with van der Waals surface area (Å²) in [7, 11) is 0. The van der Waals surface area contributed by atoms with E-state index in [9.17, 15) is 9.90 Å². The minimum absolute atomic E-state index is 0.00826. The molecule has 0 spiro atoms. The summed E-state index contributed by atoms with van der Waals surface area (Å²) < 4.78 is 5.79. The van der Waals surface area contributed by atoms with Gasteiger partial charge in [-0.1, -0.05) is 46.8 Å². The molecule has 0 heterocycles. The Bertz CT molecular complexity index is 891. The molecule has 5 fully saturated rings. The Hall–Kier alpha value is -0.830. The molecule has 3 nitrogen and oxygen atoms in total. The van der Waals surface area contributed by atoms with Gasteiger partial charge in [-0.3, -0.25) is 4.79 Å². The van der Waals surface area contributed by atoms with Crippen LogP contribution in [0.3, 0.4) is 0 Å². The number of hydrogen-bond acceptors (Lipinski definition) is 3. The van der Waals surface area contributed by atoms with Crippen LogP contribution in [0.2, 0.25) is 0 Å². The molecule has 0 aliphatic heterocycles. The van der Waals surface area contributed by atoms with Crippen molar-refractivity contribution in [1.29, 1.82) is 0 Å². The van der Waals surface area contributed by atoms with Crippen molar-refractivity contribution in [3.05, 3.63) is 12.2 Å². The lowest BCUT2D eigenvalue weighted by molar-refractivity contribution is -0.249. The van der Waals surface area contributed by atoms with Crippen LogP contribution in [0.15, 0.2) is 12.2 Å². The second-order valence-electron chi connectivity index (χ2n) is 15.2. The van der Waals surface area contributed by atoms with Gasteiger partial charge in [0.2, 0.25) is 0 Å². The van der Waals surface area contributed by atoms with Crippen molar-refractivity contribution in [2.75, 3.05) is 6.61 Å². The van der Waals surface area contributed by atoms with E-state index in [0.717, 1.165) is 12.3 Å². The summed E-state index contributed by atoms with van der Waals surface area (Å²) in [5.41, 5.74) is 2.45. The van der Waals surface area contributed by atoms with E-state index in [1.54, 1.807) is 6.92 Å². The second-order valence-corrected chi connectivity index (χ2v) is 15.2. The Morgan fingerprint density at radius 2 is 1.57 bits per heavy atom. The van der Waals surface area contributed by atoms with E-state index in [2.05, 4.69) is 48.1 Å². The summed E-state index contributed by atoms with van der Waals surface area (Å²) in [6.07, 6.45) is 12.0. The van der Waals surface area contributed by atoms with Crippen LogP contribution >= 0.6 is 0 Å². The van der Waals surface area contributed by atoms with Crippen molar-refractivity contribution >= 4 is 5.97 Å². The predicted molar refractivity (Wildman–Crippen MR) is 142 cm³/mol. The van der Waals surface area contributed by atoms with E-state index >= 15 is 0 Å². The van der Waals surface area contributed by atoms with E-state index in [1.807, 2.05) is 0 Å². The number of hydrogen-bond donors (Lipinski definition) is 1. The number of ether oxygens (including phenoxy) is 1. The number of allylic oxidation sites excluding steroid dienone is 1. The molecule has 0 bridgehead atoms. The lowest BCUT2D eigenvalue weighted by atomic mass is 9.32. The van der Waals surface area contributed by atoms with Gasteiger partial charge in [0.15, 0.2) is 0 Å². The highest BCUT2D eigenvalue weighted by molar-refractivity contribution is 5.65. The molecule has 5 aliphatic carbocycles. The van der Waals surface area contributed by atoms with E-state index in [0.29, 0.717) is 46.5 Å². The second kappa shape index (κ2) is 8.08. The minimum Gasteiger partial charge on any atom is -0.465 e. The maximum absolute atomic E-state index is 11.9. The van der Waals surface area contributed by atoms with Crippen LogP contribution in [0.1, 0.15) is 113 Å². The number of carbonyl (C=O) groups is 1. The maximum Gasteiger partial charge on any atom is 0.302 e. The topological polar surface area (TPSA) is 46.5 Å². The van der Waals surface area contributed by atoms with Crippen molar-refractivity contribution < 1.29 is 14.6 Å². The summed E-state index contributed by atoms with van der Waals surface area (Å²) in [5, 5.41) is 10.9. The van der Waals surface area contributed by atoms with Gasteiger partial charge >= 0.3 is 5.97 Å². The van der Waals surface area contributed by atoms with E-state index in [-0.39, 0.29) is 22.9 Å². The summed E-state index contributed by atoms with van der Waals surface area (Å²) in [4.78, 5) is 11.9. The zero-order chi connectivity index (χ0) is 25.6. The fourth-order valence-electron chi connectivity index (χ4n) is 11.8. The molecule has 0 aromatic carbocycles. The Kier molecular flexibility index (Phi) is 5.96. The molecule has 35 heavy (non-hydrogen) atoms. The number of esters is 1. The Morgan fingerprint density at radius 3 is 2.23 bits per heavy atom. The average Bonchev–Trinajstić information content (AvgIpc) is 3.16. The lowest BCUT2D eigenvalue weighted by Gasteiger charge is -2.73. The predicted octanol–water partition coefficient (Wildman–Crippen LogP) is 7.57. The van der Waals surface area contributed by atoms with Crippen LogP contribution in [0, 0.1) is 56.7 Å². The molecule has 5 rings (SSSR count). The van der Waals surface area contributed by atoms with Gasteiger partial charge in [-0.25, -0.2) is 0 Å². The van der Waals surface area contributed by atoms with Crippen LogP contribution in [0.5, 0.6) is 0 Å². The molecule has 10 atom stereocenters. The lowest BCUT2D eigenvalue weighted by Crippen LogP contribution is -2.66. The molecular weight excluding hydrogens is 432 g/mol. The number of fused-ring (bicyclic) bond motifs is 7. The van der Waals surface area contributed by atoms with Crippen LogP contribution in [-0.2, 0) is 9.53 Å². The third-order valence-electron chi connectivity index (χ3n) is 13.8. The third kappa shape index (κ3) is 3.34. The Morgan fingerprint density at radius 1 is 0.857 bits per heavy atom. The van der Waals surface area contributed by atoms with Gasteiger partial charge in [-0.2, -0.15) is 0 Å². The molecule has 3 heteroatoms. The van der Waals surface area contributed by atoms with E-state index in [4.69, 9.17) is 4.74 Å². The molecule has 0 unspecified atom stereocenters. The maximum atomic E-state index is 11.9. The van der Waals surface area contributed by atoms with Crippen molar-refractivity contribution in [3.8, 4) is 0 Å². The van der Waals surface area contributed by atoms with Crippen LogP contribution in [0.25, 0.3) is 0 Å². The monoisotopic (exact) mass is 484 g/mol. The highest BCUT2D eigenvalue weighted by atomic mass is 16.5. The molecular formula is C32H52O3. The minimum atomic E-state index is -0.164. The fraction of sp³-hybridized carbons (Fsp3) is 0.906. The number of rotatable bonds is 3. The quantitative estimate of drug-likeness (QED) is 0.332. The molecule has 0 radical (unpaired) electrons. The highest BCUT2D eigenvalue weighted by Gasteiger charge is 2.70. The smallest absolute Gasteiger partial charge is 0.302 e. The van der Waals surface area contributed by atoms with Crippen molar-refractivity contribution in [2.24, 2.45) is 56.7 Å². The first-order chi connectivity index (χ1) is 16.2. The van der Waals surface area contributed by atoms with Crippen LogP contribution in [0.4, 0.5) is 0 Å². The van der Waals surface area contributed by atoms with Crippen molar-refractivity contribution in [1.82, 2.24) is 0 Å². The summed E-state index contributed by atoms with van der Waals surface area (Å²) in [5.74, 6) is 3.04. The van der Waals surface area contributed by atoms with Gasteiger partial charge in [-0.15, -0.1) is 0 Å². The van der Waals surface area contributed by atoms with Crippen LogP contribution in [-0.4, -0.2) is 23.8 Å². The Balaban J connectivity index is 1.53. The summed E-state index contributed by atoms with van der Waals surface area (Å²) >= 11 is 0. The zero-order valence-electron chi connectivity index (χ0n) is 23.7. The van der Waals surface area contributed by atoms with E-state index in [1.165, 1.54) is 63.4 Å². The average molecular weight is 485 g/mol. The third-order valence-corrected chi connectivity index (χ3v) is 13.8. The molecule has 0 saturated heterocycles. The molecule has 0 amide bonds. The van der Waals surface area contributed by atoms with Gasteiger partial charge in [0.1, 0.15) is 0 Å². The first-order valence-corrected chi connectivity index (χ1v) is 14.7. The van der Waals surface area contributed by atoms with Gasteiger partial charge in [0.25, 0.3) is 0 Å². The van der Waals surface area contributed by atoms with Gasteiger partial charge < -0.3 is 9.84 Å². The SMILES string of the molecule is C=C(C)[C@@H]1CC[C@]2(COC(C)=O)CC[C@]3(C)[C@H](CC[C@@H]4[C@@]5(C)CC[C@H](O)C(C)(C)[C@@H]5CC[C@]43C)[C@H]12. The standard InChI is InChI=1S/C32H52O3/c1-20(2)22-11-16-32(19-35-21(3)33)18-17-30(7)23(27(22)32)9-10-25-29(6)14-13-26(34)28(4,5)24(29)12-15-31(25,30)8/h22-27,34H,1,9-19H2,2-8H3/t22-,23+,24-,25+,26-,27-,29-,30+,31+,32+/m0/s1. The van der Waals surface area contributed by atoms with Crippen molar-refractivity contribution in [3.63, 3.8) is 0 Å². The molecule has 5 aliphatic rings. The zero-order valence-corrected chi connectivity index (χ0v) is 23.7. The largest absolute Gasteiger partial charge is 0.465 e. The van der Waals surface area contributed by atoms with Gasteiger partial charge in [0, 0.05) is 12.3 Å². The molecule has 5 saturated carbocycles. The molecule has 198 valence electrons. The number of aliphatic hydroxyl groups is 1. The first-order valence-electron chi connectivity index (χ1n) is 14.7. The summed E-state index contributed by atoms with van der Waals surface area (Å²) in [6.45, 7) is 21.5. The first kappa shape index (κ1) is 25.8. The normalized spacial score (nSPS) is 52.5. The fourth-order valence-corrected chi connectivity index (χ4v) is 11.8.